The number of carboxylic acids is 1. The molecular weight excluding hydrogens is 161 g/mol. The van der Waals surface area contributed by atoms with Crippen molar-refractivity contribution in [2.75, 3.05) is 6.16 Å². The van der Waals surface area contributed by atoms with Crippen LogP contribution in [-0.2, 0) is 9.36 Å². The SMILES string of the molecule is O.[NH3+][C@@H](C[P+](=O)[O-])C(=O)O. The number of aliphatic carboxylic acids is 1. The van der Waals surface area contributed by atoms with Crippen molar-refractivity contribution in [2.45, 2.75) is 6.04 Å². The van der Waals surface area contributed by atoms with Crippen LogP contribution in [0.1, 0.15) is 0 Å². The van der Waals surface area contributed by atoms with E-state index >= 15 is 0 Å². The van der Waals surface area contributed by atoms with E-state index in [-0.39, 0.29) is 11.6 Å². The Labute approximate surface area is 57.8 Å². The first kappa shape index (κ1) is 12.2. The van der Waals surface area contributed by atoms with Crippen LogP contribution in [0.15, 0.2) is 0 Å². The Morgan fingerprint density at radius 3 is 2.30 bits per heavy atom. The Hall–Kier alpha value is -0.550. The van der Waals surface area contributed by atoms with E-state index in [1.54, 1.807) is 0 Å². The fourth-order valence-corrected chi connectivity index (χ4v) is 0.774. The van der Waals surface area contributed by atoms with Gasteiger partial charge in [0.25, 0.3) is 0 Å². The first-order chi connectivity index (χ1) is 4.04. The Balaban J connectivity index is 0. The molecule has 6 N–H and O–H groups in total. The third-order valence-electron chi connectivity index (χ3n) is 0.719. The van der Waals surface area contributed by atoms with Gasteiger partial charge in [-0.25, -0.2) is 4.79 Å². The van der Waals surface area contributed by atoms with E-state index in [0.717, 1.165) is 0 Å². The highest BCUT2D eigenvalue weighted by Crippen LogP contribution is 2.05. The predicted octanol–water partition coefficient (Wildman–Crippen LogP) is -3.04. The molecule has 7 heteroatoms. The van der Waals surface area contributed by atoms with Gasteiger partial charge in [0.05, 0.1) is 0 Å². The Morgan fingerprint density at radius 2 is 2.20 bits per heavy atom. The van der Waals surface area contributed by atoms with E-state index in [2.05, 4.69) is 5.73 Å². The third-order valence-corrected chi connectivity index (χ3v) is 1.46. The van der Waals surface area contributed by atoms with Gasteiger partial charge in [-0.15, -0.1) is 0 Å². The predicted molar refractivity (Wildman–Crippen MR) is 30.4 cm³/mol. The highest BCUT2D eigenvalue weighted by Gasteiger charge is 2.21. The molecule has 0 rings (SSSR count). The minimum atomic E-state index is -2.62. The fourth-order valence-electron chi connectivity index (χ4n) is 0.258. The average Bonchev–Trinajstić information content (AvgIpc) is 1.63. The van der Waals surface area contributed by atoms with Crippen LogP contribution < -0.4 is 10.6 Å². The summed E-state index contributed by atoms with van der Waals surface area (Å²) in [7, 11) is -2.62. The van der Waals surface area contributed by atoms with Crippen LogP contribution in [0, 0.1) is 0 Å². The lowest BCUT2D eigenvalue weighted by Gasteiger charge is -1.93. The van der Waals surface area contributed by atoms with Crippen LogP contribution in [0.4, 0.5) is 0 Å². The van der Waals surface area contributed by atoms with Gasteiger partial charge in [0.2, 0.25) is 12.2 Å². The summed E-state index contributed by atoms with van der Waals surface area (Å²) in [6.45, 7) is 0. The monoisotopic (exact) mass is 170 g/mol. The van der Waals surface area contributed by atoms with Crippen molar-refractivity contribution in [1.29, 1.82) is 0 Å². The standard InChI is InChI=1S/C3H6NO4P.H2O/c4-2(3(5)6)1-9(7)8;/h2H,1,4H2,(H,5,6);1H2/p+1/t2-;/m0./s1. The van der Waals surface area contributed by atoms with Crippen LogP contribution in [0.5, 0.6) is 0 Å². The topological polar surface area (TPSA) is 137 Å². The highest BCUT2D eigenvalue weighted by molar-refractivity contribution is 7.36. The Morgan fingerprint density at radius 1 is 1.80 bits per heavy atom. The van der Waals surface area contributed by atoms with Gasteiger partial charge in [-0.2, -0.15) is 0 Å². The summed E-state index contributed by atoms with van der Waals surface area (Å²) in [6, 6.07) is -1.04. The van der Waals surface area contributed by atoms with E-state index in [4.69, 9.17) is 5.11 Å². The molecule has 0 aromatic carbocycles. The lowest BCUT2D eigenvalue weighted by atomic mass is 10.4. The molecule has 60 valence electrons. The highest BCUT2D eigenvalue weighted by atomic mass is 31.1. The third kappa shape index (κ3) is 5.58. The zero-order chi connectivity index (χ0) is 7.44. The summed E-state index contributed by atoms with van der Waals surface area (Å²) in [4.78, 5) is 19.8. The second kappa shape index (κ2) is 5.25. The minimum absolute atomic E-state index is 0. The van der Waals surface area contributed by atoms with Crippen LogP contribution >= 0.6 is 8.03 Å². The van der Waals surface area contributed by atoms with E-state index in [1.165, 1.54) is 0 Å². The molecule has 0 aliphatic carbocycles. The summed E-state index contributed by atoms with van der Waals surface area (Å²) >= 11 is 0. The maximum atomic E-state index is 9.90. The molecule has 2 atom stereocenters. The van der Waals surface area contributed by atoms with Gasteiger partial charge in [0.1, 0.15) is 0 Å². The number of rotatable bonds is 3. The molecule has 6 nitrogen and oxygen atoms in total. The van der Waals surface area contributed by atoms with Crippen molar-refractivity contribution >= 4 is 14.0 Å². The van der Waals surface area contributed by atoms with Crippen molar-refractivity contribution in [3.63, 3.8) is 0 Å². The lowest BCUT2D eigenvalue weighted by molar-refractivity contribution is -0.401. The molecule has 0 saturated carbocycles. The fraction of sp³-hybridized carbons (Fsp3) is 0.667. The van der Waals surface area contributed by atoms with Gasteiger partial charge in [0.15, 0.2) is 0 Å². The maximum Gasteiger partial charge on any atom is 0.366 e. The second-order valence-electron chi connectivity index (χ2n) is 1.55. The largest absolute Gasteiger partial charge is 0.595 e. The molecule has 0 aliphatic rings. The van der Waals surface area contributed by atoms with Crippen molar-refractivity contribution < 1.29 is 30.6 Å². The molecule has 0 saturated heterocycles. The Bertz CT molecular complexity index is 137. The number of hydrogen-bond acceptors (Lipinski definition) is 3. The molecule has 0 spiro atoms. The maximum absolute atomic E-state index is 9.90. The van der Waals surface area contributed by atoms with Crippen LogP contribution in [-0.4, -0.2) is 28.8 Å². The van der Waals surface area contributed by atoms with Crippen molar-refractivity contribution in [3.05, 3.63) is 0 Å². The van der Waals surface area contributed by atoms with E-state index in [1.807, 2.05) is 0 Å². The van der Waals surface area contributed by atoms with Crippen LogP contribution in [0.3, 0.4) is 0 Å². The summed E-state index contributed by atoms with van der Waals surface area (Å²) < 4.78 is 9.85. The molecular formula is C3H9NO5P+. The van der Waals surface area contributed by atoms with Crippen LogP contribution in [0.2, 0.25) is 0 Å². The second-order valence-corrected chi connectivity index (χ2v) is 2.58. The quantitative estimate of drug-likeness (QED) is 0.435. The first-order valence-corrected chi connectivity index (χ1v) is 3.58. The van der Waals surface area contributed by atoms with Gasteiger partial charge >= 0.3 is 14.0 Å². The summed E-state index contributed by atoms with van der Waals surface area (Å²) in [5, 5.41) is 8.10. The zero-order valence-electron chi connectivity index (χ0n) is 5.11. The molecule has 0 amide bonds. The molecule has 0 radical (unpaired) electrons. The average molecular weight is 170 g/mol. The van der Waals surface area contributed by atoms with E-state index < -0.39 is 20.0 Å². The van der Waals surface area contributed by atoms with Gasteiger partial charge in [-0.1, -0.05) is 4.57 Å². The summed E-state index contributed by atoms with van der Waals surface area (Å²) in [5.41, 5.74) is 3.09. The minimum Gasteiger partial charge on any atom is -0.595 e. The number of carboxylic acid groups (broad SMARTS) is 1. The molecule has 0 aromatic heterocycles. The molecule has 0 heterocycles. The van der Waals surface area contributed by atoms with Gasteiger partial charge < -0.3 is 21.2 Å². The van der Waals surface area contributed by atoms with E-state index in [0.29, 0.717) is 0 Å². The van der Waals surface area contributed by atoms with Crippen molar-refractivity contribution in [1.82, 2.24) is 0 Å². The van der Waals surface area contributed by atoms with Gasteiger partial charge in [-0.3, -0.25) is 0 Å². The van der Waals surface area contributed by atoms with Crippen molar-refractivity contribution in [3.8, 4) is 0 Å². The zero-order valence-corrected chi connectivity index (χ0v) is 6.01. The molecule has 0 aliphatic heterocycles. The number of carbonyl (C=O) groups is 1. The Kier molecular flexibility index (Phi) is 6.38. The summed E-state index contributed by atoms with van der Waals surface area (Å²) in [5.74, 6) is -1.19. The summed E-state index contributed by atoms with van der Waals surface area (Å²) in [6.07, 6.45) is -0.384. The molecule has 1 unspecified atom stereocenters. The number of hydrogen-bond donors (Lipinski definition) is 2. The smallest absolute Gasteiger partial charge is 0.366 e. The molecule has 0 aromatic rings. The normalized spacial score (nSPS) is 13.2. The first-order valence-electron chi connectivity index (χ1n) is 2.21. The molecule has 10 heavy (non-hydrogen) atoms. The van der Waals surface area contributed by atoms with Crippen molar-refractivity contribution in [2.24, 2.45) is 0 Å². The van der Waals surface area contributed by atoms with E-state index in [9.17, 15) is 14.3 Å². The molecule has 0 bridgehead atoms. The molecule has 0 fully saturated rings. The lowest BCUT2D eigenvalue weighted by Crippen LogP contribution is -2.66. The van der Waals surface area contributed by atoms with Gasteiger partial charge in [0, 0.05) is 0 Å². The van der Waals surface area contributed by atoms with Gasteiger partial charge in [-0.05, 0) is 0 Å². The number of quaternary nitrogens is 1. The van der Waals surface area contributed by atoms with Crippen LogP contribution in [0.25, 0.3) is 0 Å².